The Morgan fingerprint density at radius 1 is 1.07 bits per heavy atom. The highest BCUT2D eigenvalue weighted by molar-refractivity contribution is 6.34. The van der Waals surface area contributed by atoms with E-state index in [2.05, 4.69) is 20.6 Å². The van der Waals surface area contributed by atoms with Crippen molar-refractivity contribution in [2.45, 2.75) is 20.8 Å². The summed E-state index contributed by atoms with van der Waals surface area (Å²) in [5, 5.41) is 6.44. The number of anilines is 3. The number of aryl methyl sites for hydroxylation is 3. The summed E-state index contributed by atoms with van der Waals surface area (Å²) in [5.74, 6) is 0.679. The molecule has 3 aromatic rings. The highest BCUT2D eigenvalue weighted by Crippen LogP contribution is 2.28. The Morgan fingerprint density at radius 3 is 2.57 bits per heavy atom. The van der Waals surface area contributed by atoms with Gasteiger partial charge in [-0.15, -0.1) is 0 Å². The van der Waals surface area contributed by atoms with Gasteiger partial charge in [0.15, 0.2) is 0 Å². The van der Waals surface area contributed by atoms with Crippen LogP contribution in [0.4, 0.5) is 17.3 Å². The summed E-state index contributed by atoms with van der Waals surface area (Å²) in [7, 11) is 1.60. The number of benzene rings is 2. The maximum Gasteiger partial charge on any atom is 0.274 e. The van der Waals surface area contributed by atoms with E-state index in [1.54, 1.807) is 20.1 Å². The molecule has 0 aliphatic carbocycles. The Bertz CT molecular complexity index is 1010. The van der Waals surface area contributed by atoms with Crippen molar-refractivity contribution >= 4 is 34.8 Å². The molecular weight excluding hydrogens is 376 g/mol. The van der Waals surface area contributed by atoms with E-state index < -0.39 is 0 Å². The van der Waals surface area contributed by atoms with Gasteiger partial charge in [0.25, 0.3) is 5.91 Å². The van der Waals surface area contributed by atoms with Gasteiger partial charge >= 0.3 is 0 Å². The minimum absolute atomic E-state index is 0.244. The number of methoxy groups -OCH3 is 1. The first-order chi connectivity index (χ1) is 13.4. The second-order valence-corrected chi connectivity index (χ2v) is 6.88. The van der Waals surface area contributed by atoms with Crippen LogP contribution in [0.15, 0.2) is 42.5 Å². The highest BCUT2D eigenvalue weighted by Gasteiger charge is 2.14. The van der Waals surface area contributed by atoms with E-state index in [0.29, 0.717) is 28.1 Å². The molecule has 1 aromatic heterocycles. The summed E-state index contributed by atoms with van der Waals surface area (Å²) in [6.07, 6.45) is 0. The molecule has 3 rings (SSSR count). The summed E-state index contributed by atoms with van der Waals surface area (Å²) < 4.78 is 5.22. The zero-order valence-corrected chi connectivity index (χ0v) is 16.9. The van der Waals surface area contributed by atoms with Gasteiger partial charge in [0.2, 0.25) is 5.95 Å². The molecule has 0 saturated heterocycles. The molecule has 0 unspecified atom stereocenters. The number of carbonyl (C=O) groups is 1. The van der Waals surface area contributed by atoms with Crippen LogP contribution in [0.3, 0.4) is 0 Å². The largest absolute Gasteiger partial charge is 0.497 e. The van der Waals surface area contributed by atoms with Crippen LogP contribution >= 0.6 is 11.6 Å². The molecule has 7 heteroatoms. The molecule has 0 fully saturated rings. The van der Waals surface area contributed by atoms with Gasteiger partial charge < -0.3 is 15.4 Å². The van der Waals surface area contributed by atoms with Crippen LogP contribution in [0.2, 0.25) is 5.02 Å². The van der Waals surface area contributed by atoms with Crippen molar-refractivity contribution in [1.29, 1.82) is 0 Å². The number of aromatic nitrogens is 2. The molecule has 144 valence electrons. The van der Waals surface area contributed by atoms with E-state index in [0.717, 1.165) is 16.8 Å². The van der Waals surface area contributed by atoms with E-state index in [1.807, 2.05) is 50.2 Å². The topological polar surface area (TPSA) is 76.1 Å². The first-order valence-electron chi connectivity index (χ1n) is 8.70. The van der Waals surface area contributed by atoms with Crippen LogP contribution in [0.1, 0.15) is 27.3 Å². The number of carbonyl (C=O) groups excluding carboxylic acids is 1. The van der Waals surface area contributed by atoms with Crippen LogP contribution in [0.5, 0.6) is 5.75 Å². The smallest absolute Gasteiger partial charge is 0.274 e. The van der Waals surface area contributed by atoms with Crippen LogP contribution in [-0.2, 0) is 0 Å². The van der Waals surface area contributed by atoms with Crippen molar-refractivity contribution < 1.29 is 9.53 Å². The fourth-order valence-corrected chi connectivity index (χ4v) is 3.19. The normalized spacial score (nSPS) is 10.5. The lowest BCUT2D eigenvalue weighted by Gasteiger charge is -2.12. The quantitative estimate of drug-likeness (QED) is 0.630. The van der Waals surface area contributed by atoms with Gasteiger partial charge in [-0.25, -0.2) is 9.97 Å². The molecule has 0 spiro atoms. The average molecular weight is 397 g/mol. The number of rotatable bonds is 5. The van der Waals surface area contributed by atoms with Crippen LogP contribution in [0.25, 0.3) is 0 Å². The Kier molecular flexibility index (Phi) is 5.80. The summed E-state index contributed by atoms with van der Waals surface area (Å²) >= 11 is 6.29. The van der Waals surface area contributed by atoms with Crippen molar-refractivity contribution in [3.63, 3.8) is 0 Å². The van der Waals surface area contributed by atoms with Crippen LogP contribution in [-0.4, -0.2) is 23.0 Å². The van der Waals surface area contributed by atoms with Crippen molar-refractivity contribution in [1.82, 2.24) is 9.97 Å². The SMILES string of the molecule is COc1cccc(Nc2nc(C)cc(C(=O)Nc3c(C)cc(C)cc3Cl)n2)c1. The first kappa shape index (κ1) is 19.6. The van der Waals surface area contributed by atoms with Crippen molar-refractivity contribution in [3.8, 4) is 5.75 Å². The predicted octanol–water partition coefficient (Wildman–Crippen LogP) is 5.06. The van der Waals surface area contributed by atoms with E-state index in [4.69, 9.17) is 16.3 Å². The minimum Gasteiger partial charge on any atom is -0.497 e. The lowest BCUT2D eigenvalue weighted by Crippen LogP contribution is -2.16. The summed E-state index contributed by atoms with van der Waals surface area (Å²) in [6, 6.07) is 12.8. The van der Waals surface area contributed by atoms with Gasteiger partial charge in [0.05, 0.1) is 17.8 Å². The van der Waals surface area contributed by atoms with E-state index in [-0.39, 0.29) is 11.6 Å². The van der Waals surface area contributed by atoms with Crippen molar-refractivity contribution in [2.75, 3.05) is 17.7 Å². The maximum atomic E-state index is 12.8. The first-order valence-corrected chi connectivity index (χ1v) is 9.08. The summed E-state index contributed by atoms with van der Waals surface area (Å²) in [5.41, 5.74) is 4.16. The molecule has 0 saturated carbocycles. The third kappa shape index (κ3) is 4.58. The second kappa shape index (κ2) is 8.27. The Morgan fingerprint density at radius 2 is 1.86 bits per heavy atom. The molecular formula is C21H21ClN4O2. The Labute approximate surface area is 168 Å². The Hall–Kier alpha value is -3.12. The fraction of sp³-hybridized carbons (Fsp3) is 0.190. The molecule has 0 aliphatic rings. The zero-order chi connectivity index (χ0) is 20.3. The molecule has 0 bridgehead atoms. The van der Waals surface area contributed by atoms with Gasteiger partial charge in [-0.2, -0.15) is 0 Å². The standard InChI is InChI=1S/C21H21ClN4O2/c1-12-8-13(2)19(17(22)9-12)26-20(27)18-10-14(3)23-21(25-18)24-15-6-5-7-16(11-15)28-4/h5-11H,1-4H3,(H,26,27)(H,23,24,25). The van der Waals surface area contributed by atoms with E-state index in [9.17, 15) is 4.79 Å². The van der Waals surface area contributed by atoms with Crippen LogP contribution in [0, 0.1) is 20.8 Å². The monoisotopic (exact) mass is 396 g/mol. The number of hydrogen-bond acceptors (Lipinski definition) is 5. The van der Waals surface area contributed by atoms with Crippen LogP contribution < -0.4 is 15.4 Å². The maximum absolute atomic E-state index is 12.8. The zero-order valence-electron chi connectivity index (χ0n) is 16.1. The fourth-order valence-electron chi connectivity index (χ4n) is 2.82. The lowest BCUT2D eigenvalue weighted by molar-refractivity contribution is 0.102. The average Bonchev–Trinajstić information content (AvgIpc) is 2.64. The molecule has 0 atom stereocenters. The Balaban J connectivity index is 1.85. The van der Waals surface area contributed by atoms with E-state index in [1.165, 1.54) is 0 Å². The molecule has 2 aromatic carbocycles. The number of ether oxygens (including phenoxy) is 1. The third-order valence-corrected chi connectivity index (χ3v) is 4.38. The molecule has 1 amide bonds. The third-order valence-electron chi connectivity index (χ3n) is 4.08. The number of nitrogens with one attached hydrogen (secondary N) is 2. The molecule has 2 N–H and O–H groups in total. The van der Waals surface area contributed by atoms with Gasteiger partial charge in [-0.1, -0.05) is 23.7 Å². The number of nitrogens with zero attached hydrogens (tertiary/aromatic N) is 2. The van der Waals surface area contributed by atoms with Gasteiger partial charge in [-0.05, 0) is 56.2 Å². The second-order valence-electron chi connectivity index (χ2n) is 6.47. The number of amides is 1. The molecule has 0 radical (unpaired) electrons. The molecule has 28 heavy (non-hydrogen) atoms. The summed E-state index contributed by atoms with van der Waals surface area (Å²) in [4.78, 5) is 21.4. The van der Waals surface area contributed by atoms with Crippen molar-refractivity contribution in [2.24, 2.45) is 0 Å². The van der Waals surface area contributed by atoms with Crippen molar-refractivity contribution in [3.05, 3.63) is 70.0 Å². The predicted molar refractivity (Wildman–Crippen MR) is 112 cm³/mol. The summed E-state index contributed by atoms with van der Waals surface area (Å²) in [6.45, 7) is 5.66. The van der Waals surface area contributed by atoms with Gasteiger partial charge in [-0.3, -0.25) is 4.79 Å². The van der Waals surface area contributed by atoms with Gasteiger partial charge in [0.1, 0.15) is 11.4 Å². The molecule has 0 aliphatic heterocycles. The lowest BCUT2D eigenvalue weighted by atomic mass is 10.1. The van der Waals surface area contributed by atoms with E-state index >= 15 is 0 Å². The number of hydrogen-bond donors (Lipinski definition) is 2. The molecule has 1 heterocycles. The minimum atomic E-state index is -0.354. The highest BCUT2D eigenvalue weighted by atomic mass is 35.5. The number of halogens is 1. The molecule has 6 nitrogen and oxygen atoms in total. The van der Waals surface area contributed by atoms with Gasteiger partial charge in [0, 0.05) is 17.4 Å².